The first-order chi connectivity index (χ1) is 19.3. The summed E-state index contributed by atoms with van der Waals surface area (Å²) in [7, 11) is 0. The van der Waals surface area contributed by atoms with Gasteiger partial charge in [0.25, 0.3) is 5.56 Å². The molecule has 206 valence electrons. The van der Waals surface area contributed by atoms with Crippen molar-refractivity contribution in [3.8, 4) is 0 Å². The minimum atomic E-state index is -1.89. The Labute approximate surface area is 243 Å². The third-order valence-corrected chi connectivity index (χ3v) is 8.38. The average Bonchev–Trinajstić information content (AvgIpc) is 2.96. The molecule has 0 spiro atoms. The standard InChI is InChI=1S/C30H26FIN2O6/c1-2-30(38)24-10-11-33(28(36)23(24)18-40-29(30)37)15-26-27(32)22(16-35)21-14-20(31)8-9-25(21)34(26)12-13-39-17-19-6-4-3-5-7-19/h3-11,14,38H,2,12-13,15,17-18H2,1H3/t30-/m0/s1. The van der Waals surface area contributed by atoms with Crippen LogP contribution in [-0.2, 0) is 44.4 Å². The molecule has 0 amide bonds. The first-order valence-corrected chi connectivity index (χ1v) is 13.8. The molecule has 0 radical (unpaired) electrons. The Morgan fingerprint density at radius 3 is 2.67 bits per heavy atom. The van der Waals surface area contributed by atoms with Gasteiger partial charge in [0.05, 0.1) is 40.2 Å². The van der Waals surface area contributed by atoms with E-state index in [1.54, 1.807) is 19.1 Å². The zero-order valence-electron chi connectivity index (χ0n) is 21.7. The van der Waals surface area contributed by atoms with Gasteiger partial charge in [0.2, 0.25) is 0 Å². The predicted octanol–water partition coefficient (Wildman–Crippen LogP) is 4.24. The summed E-state index contributed by atoms with van der Waals surface area (Å²) in [5.41, 5.74) is 0.980. The van der Waals surface area contributed by atoms with Crippen molar-refractivity contribution < 1.29 is 28.6 Å². The van der Waals surface area contributed by atoms with Crippen LogP contribution < -0.4 is 10.5 Å². The molecule has 2 aromatic carbocycles. The summed E-state index contributed by atoms with van der Waals surface area (Å²) in [4.78, 5) is 39.8. The van der Waals surface area contributed by atoms with Gasteiger partial charge in [0, 0.05) is 29.6 Å². The predicted molar refractivity (Wildman–Crippen MR) is 155 cm³/mol. The van der Waals surface area contributed by atoms with Gasteiger partial charge in [0.15, 0.2) is 5.60 Å². The van der Waals surface area contributed by atoms with Crippen LogP contribution in [0.4, 0.5) is 10.1 Å². The number of rotatable bonds is 8. The second-order valence-corrected chi connectivity index (χ2v) is 10.6. The van der Waals surface area contributed by atoms with E-state index in [-0.39, 0.29) is 36.3 Å². The second kappa shape index (κ2) is 11.5. The SMILES string of the molecule is CC[C@@]1(O)C(=O)OCc2c1ccn(CC1=C(I)C(=C=O)c3cc(F)ccc3N1CCOCc1ccccc1)c2=O. The summed E-state index contributed by atoms with van der Waals surface area (Å²) in [6.45, 7) is 2.55. The van der Waals surface area contributed by atoms with E-state index >= 15 is 0 Å². The Balaban J connectivity index is 1.50. The Bertz CT molecular complexity index is 1610. The lowest BCUT2D eigenvalue weighted by Crippen LogP contribution is -2.44. The van der Waals surface area contributed by atoms with E-state index in [4.69, 9.17) is 9.47 Å². The zero-order valence-corrected chi connectivity index (χ0v) is 23.8. The third-order valence-electron chi connectivity index (χ3n) is 7.22. The topological polar surface area (TPSA) is 98.1 Å². The number of aromatic nitrogens is 1. The fraction of sp³-hybridized carbons (Fsp3) is 0.267. The molecule has 0 saturated carbocycles. The van der Waals surface area contributed by atoms with Crippen molar-refractivity contribution in [1.29, 1.82) is 0 Å². The highest BCUT2D eigenvalue weighted by molar-refractivity contribution is 14.1. The molecule has 2 aliphatic heterocycles. The number of hydrogen-bond donors (Lipinski definition) is 1. The van der Waals surface area contributed by atoms with Crippen LogP contribution in [0.2, 0.25) is 0 Å². The van der Waals surface area contributed by atoms with Gasteiger partial charge in [0.1, 0.15) is 18.4 Å². The highest BCUT2D eigenvalue weighted by Gasteiger charge is 2.44. The molecule has 0 aliphatic carbocycles. The lowest BCUT2D eigenvalue weighted by molar-refractivity contribution is -0.172. The largest absolute Gasteiger partial charge is 0.458 e. The number of pyridine rings is 1. The van der Waals surface area contributed by atoms with Gasteiger partial charge in [-0.2, -0.15) is 0 Å². The molecule has 0 unspecified atom stereocenters. The smallest absolute Gasteiger partial charge is 0.343 e. The third kappa shape index (κ3) is 5.03. The Morgan fingerprint density at radius 1 is 1.18 bits per heavy atom. The van der Waals surface area contributed by atoms with E-state index in [1.165, 1.54) is 22.9 Å². The normalized spacial score (nSPS) is 18.2. The van der Waals surface area contributed by atoms with Crippen molar-refractivity contribution in [1.82, 2.24) is 4.57 Å². The maximum atomic E-state index is 14.2. The van der Waals surface area contributed by atoms with E-state index in [0.29, 0.717) is 40.3 Å². The van der Waals surface area contributed by atoms with Crippen LogP contribution in [0.1, 0.15) is 35.6 Å². The highest BCUT2D eigenvalue weighted by Crippen LogP contribution is 2.43. The molecule has 0 bridgehead atoms. The van der Waals surface area contributed by atoms with Crippen LogP contribution in [-0.4, -0.2) is 34.7 Å². The molecular weight excluding hydrogens is 630 g/mol. The Kier molecular flexibility index (Phi) is 8.04. The number of benzene rings is 2. The van der Waals surface area contributed by atoms with Crippen LogP contribution >= 0.6 is 22.6 Å². The molecule has 5 rings (SSSR count). The van der Waals surface area contributed by atoms with Gasteiger partial charge in [-0.3, -0.25) is 4.79 Å². The molecule has 0 fully saturated rings. The molecule has 1 aromatic heterocycles. The number of carbonyl (C=O) groups excluding carboxylic acids is 2. The molecule has 3 aromatic rings. The molecule has 1 atom stereocenters. The van der Waals surface area contributed by atoms with Crippen molar-refractivity contribution in [2.24, 2.45) is 0 Å². The van der Waals surface area contributed by atoms with Crippen LogP contribution in [0.15, 0.2) is 74.9 Å². The highest BCUT2D eigenvalue weighted by atomic mass is 127. The quantitative estimate of drug-likeness (QED) is 0.168. The number of cyclic esters (lactones) is 1. The molecule has 3 heterocycles. The van der Waals surface area contributed by atoms with Crippen LogP contribution in [0.3, 0.4) is 0 Å². The van der Waals surface area contributed by atoms with Crippen LogP contribution in [0.5, 0.6) is 0 Å². The molecule has 2 aliphatic rings. The van der Waals surface area contributed by atoms with Crippen LogP contribution in [0.25, 0.3) is 5.57 Å². The lowest BCUT2D eigenvalue weighted by atomic mass is 9.87. The van der Waals surface area contributed by atoms with E-state index in [2.05, 4.69) is 0 Å². The van der Waals surface area contributed by atoms with Crippen molar-refractivity contribution in [3.63, 3.8) is 0 Å². The van der Waals surface area contributed by atoms with Gasteiger partial charge >= 0.3 is 5.97 Å². The number of anilines is 1. The monoisotopic (exact) mass is 656 g/mol. The van der Waals surface area contributed by atoms with Gasteiger partial charge < -0.3 is 24.0 Å². The van der Waals surface area contributed by atoms with Crippen LogP contribution in [0, 0.1) is 5.82 Å². The number of carbonyl (C=O) groups is 1. The number of aliphatic hydroxyl groups is 1. The number of allylic oxidation sites excluding steroid dienone is 3. The van der Waals surface area contributed by atoms with Gasteiger partial charge in [-0.25, -0.2) is 14.0 Å². The van der Waals surface area contributed by atoms with Crippen molar-refractivity contribution >= 4 is 45.8 Å². The molecule has 40 heavy (non-hydrogen) atoms. The summed E-state index contributed by atoms with van der Waals surface area (Å²) in [6.07, 6.45) is 1.58. The summed E-state index contributed by atoms with van der Waals surface area (Å²) < 4.78 is 27.2. The minimum absolute atomic E-state index is 0.0585. The van der Waals surface area contributed by atoms with E-state index in [9.17, 15) is 23.9 Å². The van der Waals surface area contributed by atoms with E-state index in [0.717, 1.165) is 5.56 Å². The minimum Gasteiger partial charge on any atom is -0.458 e. The number of ether oxygens (including phenoxy) is 2. The van der Waals surface area contributed by atoms with E-state index < -0.39 is 22.9 Å². The fourth-order valence-corrected chi connectivity index (χ4v) is 5.90. The number of hydrogen-bond acceptors (Lipinski definition) is 7. The Hall–Kier alpha value is -3.57. The number of fused-ring (bicyclic) bond motifs is 2. The van der Waals surface area contributed by atoms with Gasteiger partial charge in [-0.1, -0.05) is 37.3 Å². The average molecular weight is 656 g/mol. The molecule has 8 nitrogen and oxygen atoms in total. The van der Waals surface area contributed by atoms with Gasteiger partial charge in [-0.15, -0.1) is 0 Å². The summed E-state index contributed by atoms with van der Waals surface area (Å²) in [5, 5.41) is 10.9. The Morgan fingerprint density at radius 2 is 1.95 bits per heavy atom. The fourth-order valence-electron chi connectivity index (χ4n) is 5.04. The lowest BCUT2D eigenvalue weighted by Gasteiger charge is -2.35. The molecule has 0 saturated heterocycles. The van der Waals surface area contributed by atoms with Crippen molar-refractivity contribution in [3.05, 3.63) is 108 Å². The number of halogens is 2. The summed E-state index contributed by atoms with van der Waals surface area (Å²) in [6, 6.07) is 15.5. The van der Waals surface area contributed by atoms with Crippen molar-refractivity contribution in [2.45, 2.75) is 38.7 Å². The van der Waals surface area contributed by atoms with Crippen molar-refractivity contribution in [2.75, 3.05) is 18.1 Å². The van der Waals surface area contributed by atoms with E-state index in [1.807, 2.05) is 63.8 Å². The molecule has 1 N–H and O–H groups in total. The second-order valence-electron chi connectivity index (χ2n) is 9.52. The first kappa shape index (κ1) is 28.0. The maximum Gasteiger partial charge on any atom is 0.343 e. The maximum absolute atomic E-state index is 14.2. The summed E-state index contributed by atoms with van der Waals surface area (Å²) in [5.74, 6) is 0.684. The zero-order chi connectivity index (χ0) is 28.4. The molecular formula is C30H26FIN2O6. The summed E-state index contributed by atoms with van der Waals surface area (Å²) >= 11 is 2.02. The first-order valence-electron chi connectivity index (χ1n) is 12.7. The van der Waals surface area contributed by atoms with Gasteiger partial charge in [-0.05, 0) is 58.8 Å². The molecule has 10 heteroatoms. The number of nitrogens with zero attached hydrogens (tertiary/aromatic N) is 2. The number of esters is 1.